The van der Waals surface area contributed by atoms with Crippen LogP contribution in [0, 0.1) is 0 Å². The molecule has 3 rings (SSSR count). The highest BCUT2D eigenvalue weighted by molar-refractivity contribution is 6.35. The van der Waals surface area contributed by atoms with Crippen LogP contribution >= 0.6 is 11.6 Å². The molecule has 20 heavy (non-hydrogen) atoms. The summed E-state index contributed by atoms with van der Waals surface area (Å²) in [7, 11) is 0. The monoisotopic (exact) mass is 295 g/mol. The number of hydrogen-bond acceptors (Lipinski definition) is 4. The molecule has 0 amide bonds. The van der Waals surface area contributed by atoms with Crippen molar-refractivity contribution in [1.29, 1.82) is 0 Å². The molecule has 2 N–H and O–H groups in total. The third-order valence-corrected chi connectivity index (χ3v) is 4.68. The first-order valence-corrected chi connectivity index (χ1v) is 7.43. The van der Waals surface area contributed by atoms with Gasteiger partial charge in [-0.05, 0) is 31.9 Å². The van der Waals surface area contributed by atoms with E-state index in [1.165, 1.54) is 38.1 Å². The first-order valence-electron chi connectivity index (χ1n) is 7.05. The van der Waals surface area contributed by atoms with E-state index >= 15 is 0 Å². The van der Waals surface area contributed by atoms with Crippen LogP contribution in [0.2, 0.25) is 5.02 Å². The summed E-state index contributed by atoms with van der Waals surface area (Å²) in [5, 5.41) is 12.6. The molecular formula is C14H18ClN3O2. The molecule has 0 bridgehead atoms. The van der Waals surface area contributed by atoms with Crippen molar-refractivity contribution in [3.8, 4) is 0 Å². The predicted octanol–water partition coefficient (Wildman–Crippen LogP) is 2.47. The molecule has 0 aliphatic carbocycles. The van der Waals surface area contributed by atoms with Gasteiger partial charge in [0, 0.05) is 24.8 Å². The number of carbonyl (C=O) groups is 1. The van der Waals surface area contributed by atoms with E-state index in [1.54, 1.807) is 0 Å². The van der Waals surface area contributed by atoms with E-state index in [0.717, 1.165) is 13.0 Å². The van der Waals surface area contributed by atoms with E-state index in [2.05, 4.69) is 15.2 Å². The average molecular weight is 296 g/mol. The third kappa shape index (κ3) is 2.47. The van der Waals surface area contributed by atoms with Gasteiger partial charge in [0.05, 0.1) is 10.6 Å². The Kier molecular flexibility index (Phi) is 3.81. The zero-order valence-electron chi connectivity index (χ0n) is 11.2. The molecule has 6 heteroatoms. The zero-order chi connectivity index (χ0) is 14.1. The van der Waals surface area contributed by atoms with Gasteiger partial charge >= 0.3 is 5.97 Å². The molecule has 0 aromatic carbocycles. The summed E-state index contributed by atoms with van der Waals surface area (Å²) in [6.45, 7) is 2.26. The minimum Gasteiger partial charge on any atom is -0.478 e. The molecule has 5 nitrogen and oxygen atoms in total. The van der Waals surface area contributed by atoms with Crippen molar-refractivity contribution in [2.24, 2.45) is 0 Å². The number of fused-ring (bicyclic) bond motifs is 1. The molecule has 0 saturated carbocycles. The first-order chi connectivity index (χ1) is 9.66. The highest BCUT2D eigenvalue weighted by Crippen LogP contribution is 2.31. The molecule has 2 saturated heterocycles. The smallest absolute Gasteiger partial charge is 0.337 e. The molecule has 2 aliphatic heterocycles. The number of pyridine rings is 1. The van der Waals surface area contributed by atoms with Gasteiger partial charge in [-0.3, -0.25) is 4.90 Å². The maximum atomic E-state index is 11.1. The Morgan fingerprint density at radius 2 is 2.25 bits per heavy atom. The van der Waals surface area contributed by atoms with Gasteiger partial charge in [-0.15, -0.1) is 0 Å². The first kappa shape index (κ1) is 13.6. The van der Waals surface area contributed by atoms with Crippen LogP contribution in [-0.4, -0.2) is 46.1 Å². The molecule has 0 spiro atoms. The van der Waals surface area contributed by atoms with Gasteiger partial charge in [0.25, 0.3) is 0 Å². The van der Waals surface area contributed by atoms with E-state index < -0.39 is 5.97 Å². The quantitative estimate of drug-likeness (QED) is 0.897. The lowest BCUT2D eigenvalue weighted by Crippen LogP contribution is -2.41. The summed E-state index contributed by atoms with van der Waals surface area (Å²) in [4.78, 5) is 17.8. The van der Waals surface area contributed by atoms with Gasteiger partial charge in [-0.2, -0.15) is 0 Å². The lowest BCUT2D eigenvalue weighted by molar-refractivity contribution is 0.0697. The van der Waals surface area contributed by atoms with Crippen LogP contribution in [0.15, 0.2) is 12.3 Å². The Labute approximate surface area is 122 Å². The summed E-state index contributed by atoms with van der Waals surface area (Å²) in [6, 6.07) is 2.26. The fourth-order valence-electron chi connectivity index (χ4n) is 3.30. The number of hydrogen-bond donors (Lipinski definition) is 2. The van der Waals surface area contributed by atoms with Crippen LogP contribution in [0.1, 0.15) is 36.0 Å². The topological polar surface area (TPSA) is 65.5 Å². The Morgan fingerprint density at radius 3 is 3.05 bits per heavy atom. The predicted molar refractivity (Wildman–Crippen MR) is 77.4 cm³/mol. The highest BCUT2D eigenvalue weighted by Gasteiger charge is 2.35. The van der Waals surface area contributed by atoms with E-state index in [-0.39, 0.29) is 10.6 Å². The Hall–Kier alpha value is -1.33. The zero-order valence-corrected chi connectivity index (χ0v) is 11.9. The fraction of sp³-hybridized carbons (Fsp3) is 0.571. The minimum absolute atomic E-state index is 0.0997. The summed E-state index contributed by atoms with van der Waals surface area (Å²) in [5.41, 5.74) is 0.0997. The minimum atomic E-state index is -1.02. The lowest BCUT2D eigenvalue weighted by atomic mass is 9.99. The van der Waals surface area contributed by atoms with E-state index in [9.17, 15) is 4.79 Å². The second-order valence-electron chi connectivity index (χ2n) is 5.46. The van der Waals surface area contributed by atoms with E-state index in [0.29, 0.717) is 17.9 Å². The van der Waals surface area contributed by atoms with Crippen molar-refractivity contribution < 1.29 is 9.90 Å². The van der Waals surface area contributed by atoms with Crippen LogP contribution < -0.4 is 5.32 Å². The van der Waals surface area contributed by atoms with Crippen molar-refractivity contribution in [1.82, 2.24) is 9.88 Å². The molecule has 2 atom stereocenters. The lowest BCUT2D eigenvalue weighted by Gasteiger charge is -2.32. The fourth-order valence-corrected chi connectivity index (χ4v) is 3.55. The molecule has 3 heterocycles. The SMILES string of the molecule is O=C(O)c1ccnc(NC2CCN3CCCCC23)c1Cl. The van der Waals surface area contributed by atoms with Crippen LogP contribution in [0.5, 0.6) is 0 Å². The van der Waals surface area contributed by atoms with Crippen LogP contribution in [0.4, 0.5) is 5.82 Å². The van der Waals surface area contributed by atoms with Crippen molar-refractivity contribution in [2.75, 3.05) is 18.4 Å². The molecule has 0 radical (unpaired) electrons. The van der Waals surface area contributed by atoms with Gasteiger partial charge in [0.2, 0.25) is 0 Å². The number of nitrogens with one attached hydrogen (secondary N) is 1. The number of rotatable bonds is 3. The number of piperidine rings is 1. The standard InChI is InChI=1S/C14H18ClN3O2/c15-12-9(14(19)20)4-6-16-13(12)17-10-5-8-18-7-2-1-3-11(10)18/h4,6,10-11H,1-3,5,7-8H2,(H,16,17)(H,19,20). The molecule has 108 valence electrons. The van der Waals surface area contributed by atoms with Crippen LogP contribution in [0.3, 0.4) is 0 Å². The number of anilines is 1. The normalized spacial score (nSPS) is 26.2. The van der Waals surface area contributed by atoms with E-state index in [1.807, 2.05) is 0 Å². The summed E-state index contributed by atoms with van der Waals surface area (Å²) in [6.07, 6.45) is 6.27. The Bertz CT molecular complexity index is 523. The molecule has 1 aromatic rings. The Balaban J connectivity index is 1.78. The number of aromatic carboxylic acids is 1. The van der Waals surface area contributed by atoms with Crippen molar-refractivity contribution in [3.05, 3.63) is 22.8 Å². The van der Waals surface area contributed by atoms with Crippen LogP contribution in [-0.2, 0) is 0 Å². The van der Waals surface area contributed by atoms with Crippen molar-refractivity contribution >= 4 is 23.4 Å². The number of carboxylic acid groups (broad SMARTS) is 1. The van der Waals surface area contributed by atoms with Crippen molar-refractivity contribution in [3.63, 3.8) is 0 Å². The summed E-state index contributed by atoms with van der Waals surface area (Å²) in [5.74, 6) is -0.532. The average Bonchev–Trinajstić information content (AvgIpc) is 2.84. The molecule has 2 aliphatic rings. The van der Waals surface area contributed by atoms with Gasteiger partial charge in [0.1, 0.15) is 5.82 Å². The third-order valence-electron chi connectivity index (χ3n) is 4.30. The summed E-state index contributed by atoms with van der Waals surface area (Å²) >= 11 is 6.14. The van der Waals surface area contributed by atoms with Crippen molar-refractivity contribution in [2.45, 2.75) is 37.8 Å². The molecule has 2 fully saturated rings. The number of nitrogens with zero attached hydrogens (tertiary/aromatic N) is 2. The van der Waals surface area contributed by atoms with Gasteiger partial charge in [-0.1, -0.05) is 18.0 Å². The number of aromatic nitrogens is 1. The summed E-state index contributed by atoms with van der Waals surface area (Å²) < 4.78 is 0. The second kappa shape index (κ2) is 5.58. The molecule has 1 aromatic heterocycles. The largest absolute Gasteiger partial charge is 0.478 e. The second-order valence-corrected chi connectivity index (χ2v) is 5.84. The number of halogens is 1. The van der Waals surface area contributed by atoms with Gasteiger partial charge in [-0.25, -0.2) is 9.78 Å². The van der Waals surface area contributed by atoms with Gasteiger partial charge < -0.3 is 10.4 Å². The Morgan fingerprint density at radius 1 is 1.40 bits per heavy atom. The van der Waals surface area contributed by atoms with Gasteiger partial charge in [0.15, 0.2) is 0 Å². The highest BCUT2D eigenvalue weighted by atomic mass is 35.5. The molecular weight excluding hydrogens is 278 g/mol. The molecule has 2 unspecified atom stereocenters. The maximum Gasteiger partial charge on any atom is 0.337 e. The van der Waals surface area contributed by atoms with E-state index in [4.69, 9.17) is 16.7 Å². The maximum absolute atomic E-state index is 11.1. The number of carboxylic acids is 1. The van der Waals surface area contributed by atoms with Crippen LogP contribution in [0.25, 0.3) is 0 Å².